The maximum Gasteiger partial charge on any atom is 0.252 e. The van der Waals surface area contributed by atoms with Gasteiger partial charge < -0.3 is 5.32 Å². The maximum absolute atomic E-state index is 13.6. The second-order valence-electron chi connectivity index (χ2n) is 8.84. The summed E-state index contributed by atoms with van der Waals surface area (Å²) in [5.41, 5.74) is 6.84. The van der Waals surface area contributed by atoms with Gasteiger partial charge >= 0.3 is 0 Å². The Balaban J connectivity index is 1.72. The van der Waals surface area contributed by atoms with Crippen LogP contribution in [0.5, 0.6) is 0 Å². The second-order valence-corrected chi connectivity index (χ2v) is 9.75. The SMILES string of the molecule is CCC(NC(=O)c1cc(-c2ccc(C)cc2)nc2ccc(Br)cc12)c1ccc(C(C)C)cc1. The Morgan fingerprint density at radius 3 is 2.24 bits per heavy atom. The number of hydrogen-bond donors (Lipinski definition) is 1. The predicted molar refractivity (Wildman–Crippen MR) is 141 cm³/mol. The molecule has 1 atom stereocenters. The van der Waals surface area contributed by atoms with Crippen LogP contribution < -0.4 is 5.32 Å². The minimum Gasteiger partial charge on any atom is -0.345 e. The summed E-state index contributed by atoms with van der Waals surface area (Å²) in [7, 11) is 0. The number of aryl methyl sites for hydroxylation is 1. The molecule has 1 N–H and O–H groups in total. The summed E-state index contributed by atoms with van der Waals surface area (Å²) < 4.78 is 0.922. The highest BCUT2D eigenvalue weighted by Gasteiger charge is 2.19. The van der Waals surface area contributed by atoms with Crippen molar-refractivity contribution in [2.24, 2.45) is 0 Å². The standard InChI is InChI=1S/C29H29BrN2O/c1-5-26(21-12-10-20(11-13-21)18(2)3)32-29(33)25-17-28(22-8-6-19(4)7-9-22)31-27-15-14-23(30)16-24(25)27/h6-18,26H,5H2,1-4H3,(H,32,33). The molecule has 0 bridgehead atoms. The minimum absolute atomic E-state index is 0.0584. The molecule has 0 saturated heterocycles. The lowest BCUT2D eigenvalue weighted by Crippen LogP contribution is -2.28. The van der Waals surface area contributed by atoms with Crippen molar-refractivity contribution in [3.05, 3.63) is 99.5 Å². The van der Waals surface area contributed by atoms with Gasteiger partial charge in [0.1, 0.15) is 0 Å². The van der Waals surface area contributed by atoms with Gasteiger partial charge in [-0.25, -0.2) is 4.98 Å². The van der Waals surface area contributed by atoms with Gasteiger partial charge in [-0.1, -0.05) is 90.8 Å². The molecule has 0 aliphatic rings. The molecule has 0 radical (unpaired) electrons. The number of carbonyl (C=O) groups is 1. The number of pyridine rings is 1. The van der Waals surface area contributed by atoms with Gasteiger partial charge in [-0.3, -0.25) is 4.79 Å². The van der Waals surface area contributed by atoms with Crippen molar-refractivity contribution in [2.45, 2.75) is 46.1 Å². The zero-order valence-corrected chi connectivity index (χ0v) is 21.1. The predicted octanol–water partition coefficient (Wildman–Crippen LogP) is 7.98. The summed E-state index contributed by atoms with van der Waals surface area (Å²) in [6.45, 7) is 8.53. The van der Waals surface area contributed by atoms with Crippen molar-refractivity contribution in [1.82, 2.24) is 10.3 Å². The number of carbonyl (C=O) groups excluding carboxylic acids is 1. The molecule has 0 aliphatic heterocycles. The lowest BCUT2D eigenvalue weighted by atomic mass is 9.97. The first kappa shape index (κ1) is 23.2. The van der Waals surface area contributed by atoms with Gasteiger partial charge in [-0.15, -0.1) is 0 Å². The number of nitrogens with zero attached hydrogens (tertiary/aromatic N) is 1. The number of rotatable bonds is 6. The number of halogens is 1. The normalized spacial score (nSPS) is 12.2. The number of hydrogen-bond acceptors (Lipinski definition) is 2. The average molecular weight is 501 g/mol. The van der Waals surface area contributed by atoms with E-state index in [2.05, 4.69) is 97.5 Å². The van der Waals surface area contributed by atoms with Crippen LogP contribution in [-0.2, 0) is 0 Å². The molecule has 168 valence electrons. The number of nitrogens with one attached hydrogen (secondary N) is 1. The molecule has 4 heteroatoms. The molecule has 33 heavy (non-hydrogen) atoms. The molecule has 0 saturated carbocycles. The number of aromatic nitrogens is 1. The Labute approximate surface area is 204 Å². The molecular weight excluding hydrogens is 472 g/mol. The zero-order chi connectivity index (χ0) is 23.5. The van der Waals surface area contributed by atoms with Crippen LogP contribution in [0.1, 0.15) is 66.2 Å². The third-order valence-corrected chi connectivity index (χ3v) is 6.58. The molecule has 0 aliphatic carbocycles. The van der Waals surface area contributed by atoms with Crippen LogP contribution in [-0.4, -0.2) is 10.9 Å². The van der Waals surface area contributed by atoms with Gasteiger partial charge in [0.05, 0.1) is 22.8 Å². The van der Waals surface area contributed by atoms with Gasteiger partial charge in [0.15, 0.2) is 0 Å². The van der Waals surface area contributed by atoms with Gasteiger partial charge in [0.2, 0.25) is 0 Å². The van der Waals surface area contributed by atoms with Crippen molar-refractivity contribution >= 4 is 32.7 Å². The van der Waals surface area contributed by atoms with Crippen molar-refractivity contribution in [3.8, 4) is 11.3 Å². The fourth-order valence-electron chi connectivity index (χ4n) is 4.03. The lowest BCUT2D eigenvalue weighted by Gasteiger charge is -2.19. The molecule has 3 nitrogen and oxygen atoms in total. The van der Waals surface area contributed by atoms with Crippen LogP contribution in [0.4, 0.5) is 0 Å². The van der Waals surface area contributed by atoms with Crippen molar-refractivity contribution in [3.63, 3.8) is 0 Å². The van der Waals surface area contributed by atoms with Gasteiger partial charge in [0.25, 0.3) is 5.91 Å². The number of benzene rings is 3. The maximum atomic E-state index is 13.6. The number of fused-ring (bicyclic) bond motifs is 1. The molecule has 1 heterocycles. The van der Waals surface area contributed by atoms with E-state index in [4.69, 9.17) is 4.98 Å². The van der Waals surface area contributed by atoms with E-state index in [1.807, 2.05) is 24.3 Å². The highest BCUT2D eigenvalue weighted by molar-refractivity contribution is 9.10. The Morgan fingerprint density at radius 2 is 1.61 bits per heavy atom. The van der Waals surface area contributed by atoms with Gasteiger partial charge in [-0.2, -0.15) is 0 Å². The van der Waals surface area contributed by atoms with Crippen LogP contribution in [0, 0.1) is 6.92 Å². The molecule has 0 fully saturated rings. The van der Waals surface area contributed by atoms with E-state index < -0.39 is 0 Å². The fourth-order valence-corrected chi connectivity index (χ4v) is 4.39. The van der Waals surface area contributed by atoms with E-state index >= 15 is 0 Å². The first-order chi connectivity index (χ1) is 15.9. The van der Waals surface area contributed by atoms with Crippen molar-refractivity contribution in [2.75, 3.05) is 0 Å². The van der Waals surface area contributed by atoms with Gasteiger partial charge in [-0.05, 0) is 54.7 Å². The first-order valence-electron chi connectivity index (χ1n) is 11.4. The lowest BCUT2D eigenvalue weighted by molar-refractivity contribution is 0.0937. The summed E-state index contributed by atoms with van der Waals surface area (Å²) in [5, 5.41) is 4.10. The van der Waals surface area contributed by atoms with Crippen LogP contribution in [0.15, 0.2) is 77.3 Å². The quantitative estimate of drug-likeness (QED) is 0.291. The van der Waals surface area contributed by atoms with Crippen molar-refractivity contribution in [1.29, 1.82) is 0 Å². The molecule has 3 aromatic carbocycles. The molecule has 0 spiro atoms. The second kappa shape index (κ2) is 9.88. The molecule has 4 aromatic rings. The van der Waals surface area contributed by atoms with Crippen LogP contribution in [0.25, 0.3) is 22.2 Å². The van der Waals surface area contributed by atoms with Crippen LogP contribution >= 0.6 is 15.9 Å². The first-order valence-corrected chi connectivity index (χ1v) is 12.2. The third kappa shape index (κ3) is 5.17. The van der Waals surface area contributed by atoms with Crippen molar-refractivity contribution < 1.29 is 4.79 Å². The van der Waals surface area contributed by atoms with Gasteiger partial charge in [0, 0.05) is 15.4 Å². The Morgan fingerprint density at radius 1 is 0.939 bits per heavy atom. The van der Waals surface area contributed by atoms with E-state index in [0.29, 0.717) is 11.5 Å². The van der Waals surface area contributed by atoms with Crippen LogP contribution in [0.3, 0.4) is 0 Å². The van der Waals surface area contributed by atoms with E-state index in [-0.39, 0.29) is 11.9 Å². The monoisotopic (exact) mass is 500 g/mol. The zero-order valence-electron chi connectivity index (χ0n) is 19.5. The summed E-state index contributed by atoms with van der Waals surface area (Å²) in [4.78, 5) is 18.4. The minimum atomic E-state index is -0.0892. The Hall–Kier alpha value is -2.98. The summed E-state index contributed by atoms with van der Waals surface area (Å²) in [5.74, 6) is 0.393. The largest absolute Gasteiger partial charge is 0.345 e. The molecule has 1 aromatic heterocycles. The number of amides is 1. The average Bonchev–Trinajstić information content (AvgIpc) is 2.82. The third-order valence-electron chi connectivity index (χ3n) is 6.08. The van der Waals surface area contributed by atoms with E-state index in [1.165, 1.54) is 11.1 Å². The smallest absolute Gasteiger partial charge is 0.252 e. The molecule has 4 rings (SSSR count). The Bertz CT molecular complexity index is 1280. The summed E-state index contributed by atoms with van der Waals surface area (Å²) in [6, 6.07) is 24.5. The van der Waals surface area contributed by atoms with Crippen LogP contribution in [0.2, 0.25) is 0 Å². The Kier molecular flexibility index (Phi) is 6.94. The van der Waals surface area contributed by atoms with E-state index in [1.54, 1.807) is 0 Å². The summed E-state index contributed by atoms with van der Waals surface area (Å²) >= 11 is 3.55. The highest BCUT2D eigenvalue weighted by atomic mass is 79.9. The molecule has 1 unspecified atom stereocenters. The summed E-state index contributed by atoms with van der Waals surface area (Å²) in [6.07, 6.45) is 0.810. The topological polar surface area (TPSA) is 42.0 Å². The van der Waals surface area contributed by atoms with E-state index in [0.717, 1.165) is 38.6 Å². The van der Waals surface area contributed by atoms with E-state index in [9.17, 15) is 4.79 Å². The molecular formula is C29H29BrN2O. The fraction of sp³-hybridized carbons (Fsp3) is 0.241. The molecule has 1 amide bonds. The highest BCUT2D eigenvalue weighted by Crippen LogP contribution is 2.29.